The molecule has 2 aromatic carbocycles. The van der Waals surface area contributed by atoms with Gasteiger partial charge in [0.2, 0.25) is 0 Å². The maximum atomic E-state index is 12.6. The number of aromatic amines is 1. The van der Waals surface area contributed by atoms with Crippen LogP contribution in [-0.4, -0.2) is 18.3 Å². The number of H-pyrrole nitrogens is 1. The minimum absolute atomic E-state index is 0.143. The number of rotatable bonds is 4. The fourth-order valence-corrected chi connectivity index (χ4v) is 3.57. The van der Waals surface area contributed by atoms with Crippen molar-refractivity contribution in [2.24, 2.45) is 0 Å². The van der Waals surface area contributed by atoms with Crippen molar-refractivity contribution < 1.29 is 4.21 Å². The van der Waals surface area contributed by atoms with Gasteiger partial charge in [-0.25, -0.2) is 27.7 Å². The van der Waals surface area contributed by atoms with Crippen molar-refractivity contribution in [3.63, 3.8) is 0 Å². The van der Waals surface area contributed by atoms with Crippen molar-refractivity contribution in [3.05, 3.63) is 85.5 Å². The topological polar surface area (TPSA) is 93.9 Å². The van der Waals surface area contributed by atoms with Crippen molar-refractivity contribution in [1.82, 2.24) is 14.1 Å². The van der Waals surface area contributed by atoms with E-state index in [1.165, 1.54) is 12.1 Å². The monoisotopic (exact) mass is 371 g/mol. The Morgan fingerprint density at radius 3 is 1.96 bits per heavy atom. The predicted molar refractivity (Wildman–Crippen MR) is 98.4 cm³/mol. The number of nitrogens with zero attached hydrogens (tertiary/aromatic N) is 2. The summed E-state index contributed by atoms with van der Waals surface area (Å²) in [6, 6.07) is 13.6. The molecule has 1 N–H and O–H groups in total. The van der Waals surface area contributed by atoms with Crippen LogP contribution in [0.1, 0.15) is 12.5 Å². The number of hydrogen-bond donors (Lipinski definition) is 1. The van der Waals surface area contributed by atoms with E-state index in [1.54, 1.807) is 31.2 Å². The first kappa shape index (κ1) is 17.8. The highest BCUT2D eigenvalue weighted by molar-refractivity contribution is 7.85. The molecule has 0 aliphatic carbocycles. The van der Waals surface area contributed by atoms with E-state index in [-0.39, 0.29) is 6.54 Å². The molecule has 0 bridgehead atoms. The highest BCUT2D eigenvalue weighted by atomic mass is 32.2. The molecule has 1 heterocycles. The summed E-state index contributed by atoms with van der Waals surface area (Å²) in [5, 5.41) is 0. The summed E-state index contributed by atoms with van der Waals surface area (Å²) >= 11 is 0. The van der Waals surface area contributed by atoms with E-state index < -0.39 is 27.9 Å². The Morgan fingerprint density at radius 2 is 1.42 bits per heavy atom. The fraction of sp³-hybridized carbons (Fsp3) is 0.167. The first-order valence-electron chi connectivity index (χ1n) is 7.97. The highest BCUT2D eigenvalue weighted by Gasteiger charge is 2.12. The summed E-state index contributed by atoms with van der Waals surface area (Å²) in [7, 11) is -1.37. The molecule has 3 rings (SSSR count). The zero-order chi connectivity index (χ0) is 18.8. The van der Waals surface area contributed by atoms with Gasteiger partial charge in [-0.3, -0.25) is 4.98 Å². The van der Waals surface area contributed by atoms with Crippen LogP contribution < -0.4 is 17.1 Å². The number of hydrogen-bond acceptors (Lipinski definition) is 4. The van der Waals surface area contributed by atoms with Gasteiger partial charge in [-0.2, -0.15) is 0 Å². The molecule has 1 atom stereocenters. The minimum atomic E-state index is -1.37. The van der Waals surface area contributed by atoms with Gasteiger partial charge in [0.25, 0.3) is 0 Å². The lowest BCUT2D eigenvalue weighted by molar-refractivity contribution is 0.599. The molecule has 3 aromatic rings. The lowest BCUT2D eigenvalue weighted by Gasteiger charge is -2.08. The van der Waals surface area contributed by atoms with Gasteiger partial charge in [-0.05, 0) is 50.2 Å². The molecule has 1 aromatic heterocycles. The number of nitrogens with one attached hydrogen (secondary N) is 1. The molecular weight excluding hydrogens is 354 g/mol. The average Bonchev–Trinajstić information content (AvgIpc) is 2.62. The summed E-state index contributed by atoms with van der Waals surface area (Å²) in [5.41, 5.74) is -0.893. The quantitative estimate of drug-likeness (QED) is 0.745. The van der Waals surface area contributed by atoms with Crippen molar-refractivity contribution >= 4 is 10.8 Å². The molecule has 7 nitrogen and oxygen atoms in total. The zero-order valence-corrected chi connectivity index (χ0v) is 15.1. The van der Waals surface area contributed by atoms with E-state index in [9.17, 15) is 18.6 Å². The van der Waals surface area contributed by atoms with Crippen LogP contribution in [0.3, 0.4) is 0 Å². The van der Waals surface area contributed by atoms with E-state index in [0.29, 0.717) is 15.5 Å². The lowest BCUT2D eigenvalue weighted by atomic mass is 10.2. The molecular formula is C18H17N3O4S. The van der Waals surface area contributed by atoms with Crippen LogP contribution in [0.2, 0.25) is 0 Å². The summed E-state index contributed by atoms with van der Waals surface area (Å²) in [6.07, 6.45) is 0. The molecule has 0 saturated heterocycles. The van der Waals surface area contributed by atoms with Crippen molar-refractivity contribution in [3.8, 4) is 5.69 Å². The van der Waals surface area contributed by atoms with Crippen molar-refractivity contribution in [2.75, 3.05) is 0 Å². The third kappa shape index (κ3) is 3.23. The number of aryl methyl sites for hydroxylation is 1. The molecule has 0 radical (unpaired) electrons. The second-order valence-electron chi connectivity index (χ2n) is 5.67. The van der Waals surface area contributed by atoms with Crippen LogP contribution >= 0.6 is 0 Å². The highest BCUT2D eigenvalue weighted by Crippen LogP contribution is 2.18. The Bertz CT molecular complexity index is 1140. The molecule has 0 aliphatic rings. The Kier molecular flexibility index (Phi) is 4.85. The lowest BCUT2D eigenvalue weighted by Crippen LogP contribution is -2.48. The minimum Gasteiger partial charge on any atom is -0.258 e. The summed E-state index contributed by atoms with van der Waals surface area (Å²) in [4.78, 5) is 39.4. The molecule has 0 saturated carbocycles. The second-order valence-corrected chi connectivity index (χ2v) is 7.15. The molecule has 8 heteroatoms. The fourth-order valence-electron chi connectivity index (χ4n) is 2.53. The standard InChI is InChI=1S/C18H17N3O4S/c1-3-20-16(22)19-17(23)21(18(20)24)13-6-10-15(11-7-13)26(25)14-8-4-12(2)5-9-14/h4-11H,3H2,1-2H3,(H,19,22,23). The van der Waals surface area contributed by atoms with Crippen LogP contribution in [0.4, 0.5) is 0 Å². The molecule has 0 aliphatic heterocycles. The van der Waals surface area contributed by atoms with Crippen LogP contribution in [0.5, 0.6) is 0 Å². The van der Waals surface area contributed by atoms with Gasteiger partial charge in [0.1, 0.15) is 0 Å². The molecule has 134 valence electrons. The zero-order valence-electron chi connectivity index (χ0n) is 14.3. The van der Waals surface area contributed by atoms with E-state index in [4.69, 9.17) is 0 Å². The van der Waals surface area contributed by atoms with Crippen molar-refractivity contribution in [1.29, 1.82) is 0 Å². The molecule has 0 amide bonds. The molecule has 26 heavy (non-hydrogen) atoms. The normalized spacial score (nSPS) is 12.1. The average molecular weight is 371 g/mol. The summed E-state index contributed by atoms with van der Waals surface area (Å²) in [5.74, 6) is 0. The Balaban J connectivity index is 2.02. The van der Waals surface area contributed by atoms with E-state index in [2.05, 4.69) is 4.98 Å². The van der Waals surface area contributed by atoms with E-state index >= 15 is 0 Å². The van der Waals surface area contributed by atoms with E-state index in [1.807, 2.05) is 19.1 Å². The second kappa shape index (κ2) is 7.09. The van der Waals surface area contributed by atoms with Crippen LogP contribution in [0.15, 0.2) is 72.7 Å². The Hall–Kier alpha value is -3.00. The van der Waals surface area contributed by atoms with Gasteiger partial charge in [0.05, 0.1) is 16.5 Å². The third-order valence-electron chi connectivity index (χ3n) is 3.94. The van der Waals surface area contributed by atoms with Gasteiger partial charge in [0, 0.05) is 16.3 Å². The third-order valence-corrected chi connectivity index (χ3v) is 5.35. The van der Waals surface area contributed by atoms with Gasteiger partial charge in [0.15, 0.2) is 0 Å². The Morgan fingerprint density at radius 1 is 0.885 bits per heavy atom. The van der Waals surface area contributed by atoms with Gasteiger partial charge < -0.3 is 0 Å². The maximum absolute atomic E-state index is 12.6. The Labute approximate surface area is 151 Å². The molecule has 0 spiro atoms. The molecule has 0 fully saturated rings. The summed E-state index contributed by atoms with van der Waals surface area (Å²) in [6.45, 7) is 3.73. The summed E-state index contributed by atoms with van der Waals surface area (Å²) < 4.78 is 14.4. The largest absolute Gasteiger partial charge is 0.340 e. The maximum Gasteiger partial charge on any atom is 0.340 e. The predicted octanol–water partition coefficient (Wildman–Crippen LogP) is 1.18. The van der Waals surface area contributed by atoms with Crippen molar-refractivity contribution in [2.45, 2.75) is 30.2 Å². The van der Waals surface area contributed by atoms with Gasteiger partial charge in [-0.1, -0.05) is 17.7 Å². The number of benzene rings is 2. The van der Waals surface area contributed by atoms with E-state index in [0.717, 1.165) is 14.7 Å². The molecule has 1 unspecified atom stereocenters. The van der Waals surface area contributed by atoms with Crippen LogP contribution in [0.25, 0.3) is 5.69 Å². The first-order chi connectivity index (χ1) is 12.4. The number of aromatic nitrogens is 3. The first-order valence-corrected chi connectivity index (χ1v) is 9.12. The SMILES string of the molecule is CCn1c(=O)[nH]c(=O)n(-c2ccc(S(=O)c3ccc(C)cc3)cc2)c1=O. The van der Waals surface area contributed by atoms with Gasteiger partial charge >= 0.3 is 17.1 Å². The van der Waals surface area contributed by atoms with Gasteiger partial charge in [-0.15, -0.1) is 0 Å². The van der Waals surface area contributed by atoms with Crippen LogP contribution in [0, 0.1) is 6.92 Å². The van der Waals surface area contributed by atoms with Crippen LogP contribution in [-0.2, 0) is 17.3 Å². The smallest absolute Gasteiger partial charge is 0.258 e.